The second kappa shape index (κ2) is 9.95. The molecule has 158 valence electrons. The largest absolute Gasteiger partial charge is 0.455 e. The number of benzene rings is 1. The minimum Gasteiger partial charge on any atom is -0.455 e. The van der Waals surface area contributed by atoms with Gasteiger partial charge in [0.15, 0.2) is 5.16 Å². The molecule has 1 saturated heterocycles. The maximum Gasteiger partial charge on any atom is 0.228 e. The third kappa shape index (κ3) is 5.12. The number of aromatic nitrogens is 4. The van der Waals surface area contributed by atoms with Crippen LogP contribution in [0, 0.1) is 5.92 Å². The molecule has 7 nitrogen and oxygen atoms in total. The number of hydrogen-bond acceptors (Lipinski definition) is 7. The summed E-state index contributed by atoms with van der Waals surface area (Å²) in [4.78, 5) is 6.39. The average molecular weight is 426 g/mol. The molecule has 0 unspecified atom stereocenters. The fraction of sp³-hybridized carbons (Fsp3) is 0.409. The Labute approximate surface area is 181 Å². The number of rotatable bonds is 8. The Kier molecular flexibility index (Phi) is 6.86. The molecule has 0 spiro atoms. The Morgan fingerprint density at radius 3 is 2.70 bits per heavy atom. The van der Waals surface area contributed by atoms with Gasteiger partial charge in [-0.3, -0.25) is 9.55 Å². The van der Waals surface area contributed by atoms with Crippen LogP contribution >= 0.6 is 11.8 Å². The van der Waals surface area contributed by atoms with E-state index in [9.17, 15) is 0 Å². The van der Waals surface area contributed by atoms with Crippen molar-refractivity contribution in [3.63, 3.8) is 0 Å². The first kappa shape index (κ1) is 20.7. The molecule has 1 aliphatic rings. The zero-order valence-electron chi connectivity index (χ0n) is 17.4. The topological polar surface area (TPSA) is 65.3 Å². The van der Waals surface area contributed by atoms with E-state index in [2.05, 4.69) is 44.6 Å². The van der Waals surface area contributed by atoms with Crippen LogP contribution in [0.25, 0.3) is 0 Å². The first-order valence-corrected chi connectivity index (χ1v) is 11.2. The van der Waals surface area contributed by atoms with Crippen molar-refractivity contribution in [2.75, 3.05) is 31.2 Å². The van der Waals surface area contributed by atoms with Gasteiger partial charge in [-0.15, -0.1) is 10.2 Å². The number of hydrogen-bond donors (Lipinski definition) is 0. The molecule has 0 atom stereocenters. The Bertz CT molecular complexity index is 942. The molecule has 0 N–H and O–H groups in total. The lowest BCUT2D eigenvalue weighted by atomic mass is 10.2. The number of para-hydroxylation sites is 1. The van der Waals surface area contributed by atoms with E-state index in [0.717, 1.165) is 66.8 Å². The van der Waals surface area contributed by atoms with Crippen molar-refractivity contribution >= 4 is 17.7 Å². The molecule has 3 heterocycles. The number of morpholine rings is 1. The van der Waals surface area contributed by atoms with Gasteiger partial charge in [-0.1, -0.05) is 43.8 Å². The van der Waals surface area contributed by atoms with Gasteiger partial charge >= 0.3 is 0 Å². The molecule has 0 amide bonds. The molecular weight excluding hydrogens is 398 g/mol. The van der Waals surface area contributed by atoms with Crippen LogP contribution in [0.4, 0.5) is 5.95 Å². The van der Waals surface area contributed by atoms with E-state index in [0.29, 0.717) is 5.92 Å². The van der Waals surface area contributed by atoms with Crippen molar-refractivity contribution in [2.24, 2.45) is 5.92 Å². The third-order valence-corrected chi connectivity index (χ3v) is 5.75. The van der Waals surface area contributed by atoms with Crippen molar-refractivity contribution in [3.8, 4) is 11.5 Å². The molecule has 1 aliphatic heterocycles. The van der Waals surface area contributed by atoms with E-state index in [1.807, 2.05) is 30.3 Å². The maximum absolute atomic E-state index is 6.05. The molecule has 3 aromatic rings. The minimum atomic E-state index is 0.501. The molecular formula is C22H27N5O2S. The van der Waals surface area contributed by atoms with Crippen molar-refractivity contribution < 1.29 is 9.47 Å². The van der Waals surface area contributed by atoms with E-state index in [1.54, 1.807) is 24.2 Å². The van der Waals surface area contributed by atoms with Crippen LogP contribution in [0.1, 0.15) is 19.4 Å². The normalized spacial score (nSPS) is 14.3. The lowest BCUT2D eigenvalue weighted by Gasteiger charge is -2.28. The van der Waals surface area contributed by atoms with Gasteiger partial charge in [0.05, 0.1) is 19.4 Å². The fourth-order valence-electron chi connectivity index (χ4n) is 3.31. The summed E-state index contributed by atoms with van der Waals surface area (Å²) in [6.45, 7) is 8.48. The number of ether oxygens (including phenoxy) is 2. The summed E-state index contributed by atoms with van der Waals surface area (Å²) >= 11 is 1.69. The second-order valence-corrected chi connectivity index (χ2v) is 8.52. The highest BCUT2D eigenvalue weighted by Crippen LogP contribution is 2.31. The summed E-state index contributed by atoms with van der Waals surface area (Å²) in [7, 11) is 0. The number of anilines is 1. The van der Waals surface area contributed by atoms with Crippen molar-refractivity contribution in [1.82, 2.24) is 19.7 Å². The van der Waals surface area contributed by atoms with Gasteiger partial charge in [-0.05, 0) is 24.1 Å². The summed E-state index contributed by atoms with van der Waals surface area (Å²) < 4.78 is 13.8. The van der Waals surface area contributed by atoms with Crippen molar-refractivity contribution in [3.05, 3.63) is 54.4 Å². The van der Waals surface area contributed by atoms with Crippen LogP contribution in [0.3, 0.4) is 0 Å². The van der Waals surface area contributed by atoms with Crippen LogP contribution in [0.15, 0.2) is 53.9 Å². The Morgan fingerprint density at radius 1 is 1.10 bits per heavy atom. The lowest BCUT2D eigenvalue weighted by Crippen LogP contribution is -2.38. The van der Waals surface area contributed by atoms with Gasteiger partial charge in [-0.25, -0.2) is 0 Å². The molecule has 0 radical (unpaired) electrons. The van der Waals surface area contributed by atoms with E-state index >= 15 is 0 Å². The van der Waals surface area contributed by atoms with Gasteiger partial charge in [0.2, 0.25) is 5.95 Å². The van der Waals surface area contributed by atoms with Gasteiger partial charge in [-0.2, -0.15) is 0 Å². The highest BCUT2D eigenvalue weighted by Gasteiger charge is 2.21. The average Bonchev–Trinajstić information content (AvgIpc) is 3.16. The van der Waals surface area contributed by atoms with Crippen molar-refractivity contribution in [1.29, 1.82) is 0 Å². The number of thioether (sulfide) groups is 1. The molecule has 30 heavy (non-hydrogen) atoms. The first-order chi connectivity index (χ1) is 14.7. The number of pyridine rings is 1. The van der Waals surface area contributed by atoms with Crippen LogP contribution < -0.4 is 9.64 Å². The predicted octanol–water partition coefficient (Wildman–Crippen LogP) is 4.25. The monoisotopic (exact) mass is 425 g/mol. The summed E-state index contributed by atoms with van der Waals surface area (Å²) in [6.07, 6.45) is 3.46. The second-order valence-electron chi connectivity index (χ2n) is 7.57. The Hall–Kier alpha value is -2.58. The molecule has 1 aromatic carbocycles. The van der Waals surface area contributed by atoms with Crippen LogP contribution in [-0.4, -0.2) is 46.1 Å². The zero-order valence-corrected chi connectivity index (χ0v) is 18.2. The van der Waals surface area contributed by atoms with Crippen LogP contribution in [-0.2, 0) is 17.0 Å². The molecule has 4 rings (SSSR count). The van der Waals surface area contributed by atoms with Crippen LogP contribution in [0.5, 0.6) is 11.5 Å². The summed E-state index contributed by atoms with van der Waals surface area (Å²) in [5.74, 6) is 3.75. The highest BCUT2D eigenvalue weighted by molar-refractivity contribution is 7.98. The zero-order chi connectivity index (χ0) is 20.8. The summed E-state index contributed by atoms with van der Waals surface area (Å²) in [6, 6.07) is 11.9. The van der Waals surface area contributed by atoms with Gasteiger partial charge in [0.25, 0.3) is 0 Å². The third-order valence-electron chi connectivity index (χ3n) is 4.73. The molecule has 0 saturated carbocycles. The van der Waals surface area contributed by atoms with Crippen molar-refractivity contribution in [2.45, 2.75) is 31.3 Å². The summed E-state index contributed by atoms with van der Waals surface area (Å²) in [5, 5.41) is 9.97. The van der Waals surface area contributed by atoms with Crippen LogP contribution in [0.2, 0.25) is 0 Å². The minimum absolute atomic E-state index is 0.501. The SMILES string of the molecule is CC(C)Cn1c(SCc2ccccc2Oc2cccnc2)nnc1N1CCOCC1. The van der Waals surface area contributed by atoms with E-state index in [4.69, 9.17) is 9.47 Å². The standard InChI is InChI=1S/C22H27N5O2S/c1-17(2)15-27-21(26-10-12-28-13-11-26)24-25-22(27)30-16-18-6-3-4-8-20(18)29-19-7-5-9-23-14-19/h3-9,14,17H,10-13,15-16H2,1-2H3. The predicted molar refractivity (Wildman–Crippen MR) is 118 cm³/mol. The maximum atomic E-state index is 6.05. The molecule has 2 aromatic heterocycles. The van der Waals surface area contributed by atoms with E-state index in [-0.39, 0.29) is 0 Å². The molecule has 0 aliphatic carbocycles. The van der Waals surface area contributed by atoms with E-state index in [1.165, 1.54) is 0 Å². The van der Waals surface area contributed by atoms with Gasteiger partial charge < -0.3 is 14.4 Å². The Balaban J connectivity index is 1.52. The molecule has 0 bridgehead atoms. The smallest absolute Gasteiger partial charge is 0.228 e. The van der Waals surface area contributed by atoms with Gasteiger partial charge in [0, 0.05) is 37.1 Å². The first-order valence-electron chi connectivity index (χ1n) is 10.2. The quantitative estimate of drug-likeness (QED) is 0.500. The lowest BCUT2D eigenvalue weighted by molar-refractivity contribution is 0.121. The molecule has 8 heteroatoms. The molecule has 1 fully saturated rings. The summed E-state index contributed by atoms with van der Waals surface area (Å²) in [5.41, 5.74) is 1.11. The highest BCUT2D eigenvalue weighted by atomic mass is 32.2. The number of nitrogens with zero attached hydrogens (tertiary/aromatic N) is 5. The Morgan fingerprint density at radius 2 is 1.93 bits per heavy atom. The van der Waals surface area contributed by atoms with E-state index < -0.39 is 0 Å². The van der Waals surface area contributed by atoms with Gasteiger partial charge in [0.1, 0.15) is 11.5 Å². The fourth-order valence-corrected chi connectivity index (χ4v) is 4.24.